The topological polar surface area (TPSA) is 101 Å². The Hall–Kier alpha value is -5.84. The van der Waals surface area contributed by atoms with Gasteiger partial charge in [-0.15, -0.1) is 15.0 Å². The first kappa shape index (κ1) is 36.2. The number of aromatic nitrogens is 6. The first-order valence-corrected chi connectivity index (χ1v) is 19.2. The fourth-order valence-corrected chi connectivity index (χ4v) is 8.13. The highest BCUT2D eigenvalue weighted by molar-refractivity contribution is 9.10. The molecule has 0 amide bonds. The van der Waals surface area contributed by atoms with Crippen molar-refractivity contribution in [2.75, 3.05) is 7.11 Å². The Bertz CT molecular complexity index is 2510. The second-order valence-electron chi connectivity index (χ2n) is 13.2. The van der Waals surface area contributed by atoms with Gasteiger partial charge in [-0.25, -0.2) is 9.78 Å². The minimum atomic E-state index is -0.913. The van der Waals surface area contributed by atoms with Crippen molar-refractivity contribution in [3.63, 3.8) is 0 Å². The van der Waals surface area contributed by atoms with Gasteiger partial charge < -0.3 is 13.7 Å². The average molecular weight is 812 g/mol. The quantitative estimate of drug-likeness (QED) is 0.0894. The van der Waals surface area contributed by atoms with Crippen LogP contribution in [0.25, 0.3) is 33.7 Å². The number of nitrogens with zero attached hydrogens (tertiary/aromatic N) is 6. The van der Waals surface area contributed by atoms with Crippen molar-refractivity contribution in [2.45, 2.75) is 38.3 Å². The number of rotatable bonds is 12. The summed E-state index contributed by atoms with van der Waals surface area (Å²) in [4.78, 5) is 19.0. The normalized spacial score (nSPS) is 11.6. The number of esters is 1. The van der Waals surface area contributed by atoms with Gasteiger partial charge in [-0.1, -0.05) is 146 Å². The molecule has 0 fully saturated rings. The van der Waals surface area contributed by atoms with E-state index in [1.165, 1.54) is 7.11 Å². The van der Waals surface area contributed by atoms with Crippen LogP contribution in [-0.2, 0) is 23.2 Å². The van der Waals surface area contributed by atoms with Crippen molar-refractivity contribution < 1.29 is 13.9 Å². The first-order valence-electron chi connectivity index (χ1n) is 18.0. The molecule has 9 nitrogen and oxygen atoms in total. The van der Waals surface area contributed by atoms with E-state index in [1.54, 1.807) is 4.80 Å². The summed E-state index contributed by atoms with van der Waals surface area (Å²) in [5.74, 6) is 1.29. The number of hydrogen-bond donors (Lipinski definition) is 0. The highest BCUT2D eigenvalue weighted by atomic mass is 79.9. The molecule has 0 N–H and O–H groups in total. The second-order valence-corrected chi connectivity index (χ2v) is 14.3. The van der Waals surface area contributed by atoms with E-state index < -0.39 is 11.5 Å². The van der Waals surface area contributed by atoms with Crippen molar-refractivity contribution >= 4 is 44.5 Å². The molecule has 8 rings (SSSR count). The molecular weight excluding hydrogens is 776 g/mol. The standard InChI is InChI=1S/C44H36BrClN6O3/c1-3-4-24-37-47-41(46)39(43(53)54-2)51(37)28-29-25-26-36-35(27-29)38(45)40(55-36)33-22-14-15-23-34(33)42-48-50-52(49-42)44(30-16-8-5-9-17-30,31-18-10-6-11-19-31)32-20-12-7-13-21-32/h5-23,25-27H,3-4,24,28H2,1-2H3. The van der Waals surface area contributed by atoms with Gasteiger partial charge in [0.1, 0.15) is 17.2 Å². The molecule has 0 bridgehead atoms. The molecular formula is C44H36BrClN6O3. The molecule has 0 atom stereocenters. The maximum Gasteiger partial charge on any atom is 0.357 e. The zero-order valence-electron chi connectivity index (χ0n) is 30.2. The summed E-state index contributed by atoms with van der Waals surface area (Å²) in [6, 6.07) is 44.6. The lowest BCUT2D eigenvalue weighted by atomic mass is 9.77. The first-order chi connectivity index (χ1) is 26.9. The van der Waals surface area contributed by atoms with Gasteiger partial charge in [0.25, 0.3) is 0 Å². The summed E-state index contributed by atoms with van der Waals surface area (Å²) in [5, 5.41) is 15.6. The number of ether oxygens (including phenoxy) is 1. The van der Waals surface area contributed by atoms with Crippen LogP contribution in [0.3, 0.4) is 0 Å². The highest BCUT2D eigenvalue weighted by Crippen LogP contribution is 2.43. The number of halogens is 2. The fraction of sp³-hybridized carbons (Fsp3) is 0.159. The third kappa shape index (κ3) is 6.55. The largest absolute Gasteiger partial charge is 0.464 e. The molecule has 5 aromatic carbocycles. The number of benzene rings is 5. The number of unbranched alkanes of at least 4 members (excludes halogenated alkanes) is 1. The molecule has 55 heavy (non-hydrogen) atoms. The Labute approximate surface area is 331 Å². The molecule has 274 valence electrons. The number of carbonyl (C=O) groups excluding carboxylic acids is 1. The van der Waals surface area contributed by atoms with Crippen molar-refractivity contribution in [1.29, 1.82) is 0 Å². The van der Waals surface area contributed by atoms with E-state index in [0.29, 0.717) is 30.1 Å². The number of carbonyl (C=O) groups is 1. The van der Waals surface area contributed by atoms with E-state index in [0.717, 1.165) is 61.9 Å². The molecule has 0 saturated carbocycles. The maximum absolute atomic E-state index is 12.8. The van der Waals surface area contributed by atoms with Crippen LogP contribution in [0.1, 0.15) is 58.3 Å². The fourth-order valence-electron chi connectivity index (χ4n) is 7.25. The number of hydrogen-bond acceptors (Lipinski definition) is 7. The van der Waals surface area contributed by atoms with Gasteiger partial charge in [0, 0.05) is 29.5 Å². The van der Waals surface area contributed by atoms with Crippen molar-refractivity contribution in [3.05, 3.63) is 177 Å². The van der Waals surface area contributed by atoms with Crippen molar-refractivity contribution in [3.8, 4) is 22.7 Å². The number of tetrazole rings is 1. The summed E-state index contributed by atoms with van der Waals surface area (Å²) >= 11 is 10.3. The van der Waals surface area contributed by atoms with Crippen LogP contribution in [0.2, 0.25) is 5.15 Å². The summed E-state index contributed by atoms with van der Waals surface area (Å²) in [6.07, 6.45) is 2.58. The molecule has 0 aliphatic carbocycles. The van der Waals surface area contributed by atoms with Gasteiger partial charge in [0.05, 0.1) is 11.6 Å². The number of methoxy groups -OCH3 is 1. The van der Waals surface area contributed by atoms with Crippen LogP contribution in [0.5, 0.6) is 0 Å². The van der Waals surface area contributed by atoms with Gasteiger partial charge >= 0.3 is 5.97 Å². The lowest BCUT2D eigenvalue weighted by Gasteiger charge is -2.34. The zero-order chi connectivity index (χ0) is 37.9. The van der Waals surface area contributed by atoms with E-state index in [2.05, 4.69) is 70.3 Å². The van der Waals surface area contributed by atoms with Crippen LogP contribution in [0.4, 0.5) is 0 Å². The Morgan fingerprint density at radius 3 is 2.04 bits per heavy atom. The van der Waals surface area contributed by atoms with Crippen LogP contribution >= 0.6 is 27.5 Å². The Balaban J connectivity index is 1.22. The van der Waals surface area contributed by atoms with Gasteiger partial charge in [-0.2, -0.15) is 0 Å². The minimum Gasteiger partial charge on any atom is -0.464 e. The Morgan fingerprint density at radius 1 is 0.836 bits per heavy atom. The van der Waals surface area contributed by atoms with Gasteiger partial charge in [-0.05, 0) is 62.0 Å². The number of aryl methyl sites for hydroxylation is 1. The Morgan fingerprint density at radius 2 is 1.44 bits per heavy atom. The predicted molar refractivity (Wildman–Crippen MR) is 217 cm³/mol. The van der Waals surface area contributed by atoms with Gasteiger partial charge in [-0.3, -0.25) is 0 Å². The number of fused-ring (bicyclic) bond motifs is 1. The lowest BCUT2D eigenvalue weighted by molar-refractivity contribution is 0.0588. The minimum absolute atomic E-state index is 0.140. The van der Waals surface area contributed by atoms with E-state index in [-0.39, 0.29) is 10.8 Å². The molecule has 3 aromatic heterocycles. The van der Waals surface area contributed by atoms with Crippen LogP contribution in [-0.4, -0.2) is 42.8 Å². The molecule has 0 radical (unpaired) electrons. The molecule has 0 saturated heterocycles. The van der Waals surface area contributed by atoms with Gasteiger partial charge in [0.2, 0.25) is 5.82 Å². The predicted octanol–water partition coefficient (Wildman–Crippen LogP) is 10.4. The maximum atomic E-state index is 12.8. The molecule has 0 aliphatic heterocycles. The summed E-state index contributed by atoms with van der Waals surface area (Å²) in [5.41, 5.74) is 5.50. The monoisotopic (exact) mass is 810 g/mol. The molecule has 3 heterocycles. The van der Waals surface area contributed by atoms with E-state index in [1.807, 2.05) is 95.6 Å². The average Bonchev–Trinajstić information content (AvgIpc) is 3.94. The molecule has 11 heteroatoms. The third-order valence-electron chi connectivity index (χ3n) is 9.87. The van der Waals surface area contributed by atoms with E-state index in [9.17, 15) is 4.79 Å². The van der Waals surface area contributed by atoms with E-state index in [4.69, 9.17) is 36.2 Å². The summed E-state index contributed by atoms with van der Waals surface area (Å²) < 4.78 is 14.2. The second kappa shape index (κ2) is 15.5. The smallest absolute Gasteiger partial charge is 0.357 e. The summed E-state index contributed by atoms with van der Waals surface area (Å²) in [6.45, 7) is 2.49. The van der Waals surface area contributed by atoms with Crippen LogP contribution in [0, 0.1) is 0 Å². The lowest BCUT2D eigenvalue weighted by Crippen LogP contribution is -2.39. The zero-order valence-corrected chi connectivity index (χ0v) is 32.5. The molecule has 0 spiro atoms. The molecule has 0 aliphatic rings. The van der Waals surface area contributed by atoms with Gasteiger partial charge in [0.15, 0.2) is 16.4 Å². The van der Waals surface area contributed by atoms with Crippen molar-refractivity contribution in [1.82, 2.24) is 29.8 Å². The van der Waals surface area contributed by atoms with Crippen molar-refractivity contribution in [2.24, 2.45) is 0 Å². The Kier molecular flexibility index (Phi) is 10.2. The molecule has 0 unspecified atom stereocenters. The SMILES string of the molecule is CCCCc1nc(Cl)c(C(=O)OC)n1Cc1ccc2oc(-c3ccccc3-c3nnn(C(c4ccccc4)(c4ccccc4)c4ccccc4)n3)c(Br)c2c1. The van der Waals surface area contributed by atoms with Crippen LogP contribution < -0.4 is 0 Å². The van der Waals surface area contributed by atoms with E-state index >= 15 is 0 Å². The third-order valence-corrected chi connectivity index (χ3v) is 10.9. The number of furan rings is 1. The number of imidazole rings is 1. The molecule has 8 aromatic rings. The van der Waals surface area contributed by atoms with Crippen LogP contribution in [0.15, 0.2) is 142 Å². The highest BCUT2D eigenvalue weighted by Gasteiger charge is 2.41. The summed E-state index contributed by atoms with van der Waals surface area (Å²) in [7, 11) is 1.35.